The minimum absolute atomic E-state index is 0.436. The van der Waals surface area contributed by atoms with Gasteiger partial charge in [-0.15, -0.1) is 0 Å². The van der Waals surface area contributed by atoms with Crippen molar-refractivity contribution in [2.45, 2.75) is 40.2 Å². The molecule has 1 saturated carbocycles. The number of sulfone groups is 1. The topological polar surface area (TPSA) is 80.3 Å². The molecule has 0 aromatic heterocycles. The number of nitrogens with one attached hydrogen (secondary N) is 1. The normalized spacial score (nSPS) is 22.1. The van der Waals surface area contributed by atoms with E-state index in [9.17, 15) is 52.0 Å². The molecule has 0 aliphatic heterocycles. The molecule has 15 heteroatoms. The van der Waals surface area contributed by atoms with Crippen LogP contribution in [-0.2, 0) is 30.8 Å². The Balaban J connectivity index is 2.07. The maximum atomic E-state index is 14.5. The minimum Gasteiger partial charge on any atom is -0.223 e. The van der Waals surface area contributed by atoms with Gasteiger partial charge in [-0.3, -0.25) is 0 Å². The van der Waals surface area contributed by atoms with Crippen LogP contribution in [0.3, 0.4) is 0 Å². The molecule has 0 radical (unpaired) electrons. The van der Waals surface area contributed by atoms with Gasteiger partial charge in [-0.25, -0.2) is 30.3 Å². The van der Waals surface area contributed by atoms with Gasteiger partial charge in [0, 0.05) is 11.6 Å². The average Bonchev–Trinajstić information content (AvgIpc) is 2.64. The summed E-state index contributed by atoms with van der Waals surface area (Å²) in [6.07, 6.45) is -6.65. The van der Waals surface area contributed by atoms with E-state index in [0.29, 0.717) is 42.5 Å². The van der Waals surface area contributed by atoms with E-state index in [1.807, 2.05) is 0 Å². The van der Waals surface area contributed by atoms with Crippen LogP contribution in [0.1, 0.15) is 24.0 Å². The summed E-state index contributed by atoms with van der Waals surface area (Å²) in [5, 5.41) is 0. The van der Waals surface area contributed by atoms with Crippen molar-refractivity contribution in [2.24, 2.45) is 0 Å². The monoisotopic (exact) mass is 523 g/mol. The van der Waals surface area contributed by atoms with Crippen LogP contribution in [0.4, 0.5) is 35.1 Å². The number of hydrogen-bond donors (Lipinski definition) is 1. The first kappa shape index (κ1) is 25.4. The minimum atomic E-state index is -5.88. The molecule has 2 aromatic carbocycles. The molecule has 1 aliphatic rings. The Labute approximate surface area is 182 Å². The summed E-state index contributed by atoms with van der Waals surface area (Å²) in [6, 6.07) is 2.11. The number of benzene rings is 2. The summed E-state index contributed by atoms with van der Waals surface area (Å²) in [6.45, 7) is 0. The molecule has 0 saturated heterocycles. The maximum Gasteiger partial charge on any atom is 0.511 e. The fourth-order valence-corrected chi connectivity index (χ4v) is 6.56. The van der Waals surface area contributed by atoms with Crippen LogP contribution in [-0.4, -0.2) is 28.4 Å². The van der Waals surface area contributed by atoms with Gasteiger partial charge in [0.2, 0.25) is 0 Å². The molecule has 0 spiro atoms. The molecule has 5 nitrogen and oxygen atoms in total. The molecule has 0 bridgehead atoms. The Hall–Kier alpha value is -2.26. The molecule has 182 valence electrons. The van der Waals surface area contributed by atoms with Crippen LogP contribution in [0.15, 0.2) is 47.4 Å². The highest BCUT2D eigenvalue weighted by Gasteiger charge is 2.59. The van der Waals surface area contributed by atoms with Crippen LogP contribution in [0.5, 0.6) is 0 Å². The SMILES string of the molecule is O=S(=O)(NC1CC(c2cc(F)ccc2F)(S(=O)(=O)c2ccc(C(F)(F)F)cc2)C1)C(F)(F)F. The summed E-state index contributed by atoms with van der Waals surface area (Å²) >= 11 is 0. The van der Waals surface area contributed by atoms with E-state index >= 15 is 0 Å². The van der Waals surface area contributed by atoms with Gasteiger partial charge in [0.25, 0.3) is 0 Å². The first-order valence-electron chi connectivity index (χ1n) is 8.87. The maximum absolute atomic E-state index is 14.5. The molecule has 0 heterocycles. The van der Waals surface area contributed by atoms with E-state index in [-0.39, 0.29) is 0 Å². The standard InChI is InChI=1S/C18H13F8NO4S2/c19-11-3-6-15(20)14(7-11)16(8-12(9-16)27-33(30,31)18(24,25)26)32(28,29)13-4-1-10(2-5-13)17(21,22)23/h1-7,12,27H,8-9H2. The summed E-state index contributed by atoms with van der Waals surface area (Å²) in [7, 11) is -10.7. The zero-order chi connectivity index (χ0) is 25.0. The number of rotatable bonds is 5. The molecule has 2 aromatic rings. The van der Waals surface area contributed by atoms with Gasteiger partial charge in [-0.05, 0) is 55.3 Å². The predicted molar refractivity (Wildman–Crippen MR) is 97.8 cm³/mol. The summed E-state index contributed by atoms with van der Waals surface area (Å²) in [5.74, 6) is -2.34. The molecular formula is C18H13F8NO4S2. The third-order valence-electron chi connectivity index (χ3n) is 5.20. The number of halogens is 8. The Morgan fingerprint density at radius 1 is 0.848 bits per heavy atom. The Bertz CT molecular complexity index is 1260. The zero-order valence-electron chi connectivity index (χ0n) is 16.0. The molecule has 3 rings (SSSR count). The highest BCUT2D eigenvalue weighted by Crippen LogP contribution is 2.52. The van der Waals surface area contributed by atoms with Gasteiger partial charge in [0.1, 0.15) is 16.4 Å². The second-order valence-electron chi connectivity index (χ2n) is 7.32. The van der Waals surface area contributed by atoms with E-state index < -0.39 is 82.8 Å². The molecule has 0 atom stereocenters. The predicted octanol–water partition coefficient (Wildman–Crippen LogP) is 4.25. The van der Waals surface area contributed by atoms with Gasteiger partial charge in [0.05, 0.1) is 10.5 Å². The van der Waals surface area contributed by atoms with Crippen molar-refractivity contribution < 1.29 is 52.0 Å². The molecule has 1 aliphatic carbocycles. The number of hydrogen-bond acceptors (Lipinski definition) is 4. The Kier molecular flexibility index (Phi) is 6.08. The molecular weight excluding hydrogens is 510 g/mol. The largest absolute Gasteiger partial charge is 0.511 e. The number of sulfonamides is 1. The summed E-state index contributed by atoms with van der Waals surface area (Å²) in [5.41, 5.74) is -7.69. The van der Waals surface area contributed by atoms with E-state index in [1.54, 1.807) is 0 Å². The quantitative estimate of drug-likeness (QED) is 0.595. The van der Waals surface area contributed by atoms with Crippen LogP contribution in [0, 0.1) is 11.6 Å². The van der Waals surface area contributed by atoms with Crippen LogP contribution >= 0.6 is 0 Å². The van der Waals surface area contributed by atoms with Gasteiger partial charge >= 0.3 is 21.7 Å². The van der Waals surface area contributed by atoms with E-state index in [2.05, 4.69) is 0 Å². The molecule has 0 unspecified atom stereocenters. The van der Waals surface area contributed by atoms with Crippen molar-refractivity contribution in [3.63, 3.8) is 0 Å². The lowest BCUT2D eigenvalue weighted by Crippen LogP contribution is -2.58. The fourth-order valence-electron chi connectivity index (χ4n) is 3.59. The fraction of sp³-hybridized carbons (Fsp3) is 0.333. The van der Waals surface area contributed by atoms with Crippen molar-refractivity contribution in [3.05, 3.63) is 65.2 Å². The zero-order valence-corrected chi connectivity index (χ0v) is 17.6. The van der Waals surface area contributed by atoms with E-state index in [1.165, 1.54) is 4.72 Å². The second-order valence-corrected chi connectivity index (χ2v) is 11.3. The van der Waals surface area contributed by atoms with Crippen molar-refractivity contribution >= 4 is 19.9 Å². The van der Waals surface area contributed by atoms with Crippen LogP contribution in [0.2, 0.25) is 0 Å². The van der Waals surface area contributed by atoms with Crippen LogP contribution < -0.4 is 4.72 Å². The Morgan fingerprint density at radius 3 is 1.88 bits per heavy atom. The first-order chi connectivity index (χ1) is 14.9. The molecule has 1 N–H and O–H groups in total. The molecule has 0 amide bonds. The van der Waals surface area contributed by atoms with Gasteiger partial charge in [0.15, 0.2) is 9.84 Å². The lowest BCUT2D eigenvalue weighted by atomic mass is 9.75. The lowest BCUT2D eigenvalue weighted by molar-refractivity contribution is -0.137. The van der Waals surface area contributed by atoms with Crippen molar-refractivity contribution in [2.75, 3.05) is 0 Å². The highest BCUT2D eigenvalue weighted by molar-refractivity contribution is 7.92. The Morgan fingerprint density at radius 2 is 1.39 bits per heavy atom. The summed E-state index contributed by atoms with van der Waals surface area (Å²) in [4.78, 5) is -0.740. The molecule has 1 fully saturated rings. The molecule has 33 heavy (non-hydrogen) atoms. The highest BCUT2D eigenvalue weighted by atomic mass is 32.2. The second kappa shape index (κ2) is 7.91. The van der Waals surface area contributed by atoms with Gasteiger partial charge in [-0.2, -0.15) is 26.3 Å². The smallest absolute Gasteiger partial charge is 0.223 e. The number of alkyl halides is 6. The third-order valence-corrected chi connectivity index (χ3v) is 8.93. The van der Waals surface area contributed by atoms with Crippen molar-refractivity contribution in [1.82, 2.24) is 4.72 Å². The third kappa shape index (κ3) is 4.45. The van der Waals surface area contributed by atoms with Gasteiger partial charge < -0.3 is 0 Å². The summed E-state index contributed by atoms with van der Waals surface area (Å²) < 4.78 is 153. The lowest BCUT2D eigenvalue weighted by Gasteiger charge is -2.47. The van der Waals surface area contributed by atoms with Crippen LogP contribution in [0.25, 0.3) is 0 Å². The van der Waals surface area contributed by atoms with E-state index in [0.717, 1.165) is 0 Å². The average molecular weight is 523 g/mol. The van der Waals surface area contributed by atoms with Crippen molar-refractivity contribution in [3.8, 4) is 0 Å². The van der Waals surface area contributed by atoms with Gasteiger partial charge in [-0.1, -0.05) is 0 Å². The van der Waals surface area contributed by atoms with E-state index in [4.69, 9.17) is 0 Å². The first-order valence-corrected chi connectivity index (χ1v) is 11.8. The van der Waals surface area contributed by atoms with Crippen molar-refractivity contribution in [1.29, 1.82) is 0 Å².